The van der Waals surface area contributed by atoms with Gasteiger partial charge in [-0.25, -0.2) is 4.98 Å². The minimum atomic E-state index is 0.272. The molecular formula is C20H27N5O. The summed E-state index contributed by atoms with van der Waals surface area (Å²) in [5.74, 6) is 1.46. The fourth-order valence-electron chi connectivity index (χ4n) is 3.60. The summed E-state index contributed by atoms with van der Waals surface area (Å²) in [5.41, 5.74) is 3.27. The van der Waals surface area contributed by atoms with E-state index in [2.05, 4.69) is 49.8 Å². The Hall–Kier alpha value is -2.34. The van der Waals surface area contributed by atoms with Crippen molar-refractivity contribution in [3.63, 3.8) is 0 Å². The molecule has 1 aromatic heterocycles. The van der Waals surface area contributed by atoms with Crippen molar-refractivity contribution < 1.29 is 4.74 Å². The van der Waals surface area contributed by atoms with Gasteiger partial charge in [0.2, 0.25) is 5.95 Å². The molecule has 1 atom stereocenters. The molecule has 0 bridgehead atoms. The second kappa shape index (κ2) is 7.91. The molecule has 0 spiro atoms. The highest BCUT2D eigenvalue weighted by molar-refractivity contribution is 5.61. The van der Waals surface area contributed by atoms with Crippen molar-refractivity contribution >= 4 is 23.1 Å². The molecule has 2 aliphatic heterocycles. The van der Waals surface area contributed by atoms with Gasteiger partial charge in [0.05, 0.1) is 6.10 Å². The van der Waals surface area contributed by atoms with Gasteiger partial charge in [-0.1, -0.05) is 0 Å². The van der Waals surface area contributed by atoms with Crippen molar-refractivity contribution in [2.45, 2.75) is 38.7 Å². The summed E-state index contributed by atoms with van der Waals surface area (Å²) in [6.45, 7) is 5.94. The van der Waals surface area contributed by atoms with Gasteiger partial charge in [-0.05, 0) is 56.9 Å². The van der Waals surface area contributed by atoms with Gasteiger partial charge in [0.15, 0.2) is 0 Å². The summed E-state index contributed by atoms with van der Waals surface area (Å²) in [4.78, 5) is 11.5. The zero-order valence-electron chi connectivity index (χ0n) is 15.4. The average molecular weight is 353 g/mol. The Morgan fingerprint density at radius 1 is 1.12 bits per heavy atom. The Kier molecular flexibility index (Phi) is 5.20. The van der Waals surface area contributed by atoms with E-state index in [-0.39, 0.29) is 6.10 Å². The number of nitrogens with zero attached hydrogens (tertiary/aromatic N) is 3. The first-order valence-corrected chi connectivity index (χ1v) is 9.59. The molecule has 2 saturated heterocycles. The molecule has 2 N–H and O–H groups in total. The highest BCUT2D eigenvalue weighted by Gasteiger charge is 2.16. The van der Waals surface area contributed by atoms with Crippen LogP contribution < -0.4 is 15.5 Å². The Balaban J connectivity index is 1.40. The van der Waals surface area contributed by atoms with Crippen LogP contribution in [0.15, 0.2) is 30.3 Å². The SMILES string of the molecule is Cc1cc(Nc2ccc(N3CCCC3)cc2)nc(NCC2CCCO2)n1. The molecule has 0 amide bonds. The number of anilines is 4. The van der Waals surface area contributed by atoms with Gasteiger partial charge >= 0.3 is 0 Å². The Labute approximate surface area is 155 Å². The summed E-state index contributed by atoms with van der Waals surface area (Å²) in [6, 6.07) is 10.6. The molecular weight excluding hydrogens is 326 g/mol. The molecule has 6 heteroatoms. The lowest BCUT2D eigenvalue weighted by Crippen LogP contribution is -2.20. The van der Waals surface area contributed by atoms with Gasteiger partial charge in [-0.15, -0.1) is 0 Å². The summed E-state index contributed by atoms with van der Waals surface area (Å²) in [7, 11) is 0. The fraction of sp³-hybridized carbons (Fsp3) is 0.500. The lowest BCUT2D eigenvalue weighted by atomic mass is 10.2. The van der Waals surface area contributed by atoms with Crippen molar-refractivity contribution in [3.05, 3.63) is 36.0 Å². The van der Waals surface area contributed by atoms with Gasteiger partial charge < -0.3 is 20.3 Å². The first kappa shape index (κ1) is 17.1. The first-order valence-electron chi connectivity index (χ1n) is 9.59. The molecule has 2 fully saturated rings. The Morgan fingerprint density at radius 2 is 1.92 bits per heavy atom. The van der Waals surface area contributed by atoms with E-state index in [0.717, 1.165) is 56.3 Å². The molecule has 2 aromatic rings. The van der Waals surface area contributed by atoms with Crippen molar-refractivity contribution in [3.8, 4) is 0 Å². The van der Waals surface area contributed by atoms with E-state index in [1.807, 2.05) is 13.0 Å². The number of ether oxygens (including phenoxy) is 1. The average Bonchev–Trinajstić information content (AvgIpc) is 3.34. The summed E-state index contributed by atoms with van der Waals surface area (Å²) < 4.78 is 5.65. The van der Waals surface area contributed by atoms with Crippen LogP contribution in [0.4, 0.5) is 23.1 Å². The lowest BCUT2D eigenvalue weighted by molar-refractivity contribution is 0.120. The van der Waals surface area contributed by atoms with Crippen LogP contribution in [-0.2, 0) is 4.74 Å². The number of hydrogen-bond donors (Lipinski definition) is 2. The monoisotopic (exact) mass is 353 g/mol. The number of hydrogen-bond acceptors (Lipinski definition) is 6. The molecule has 26 heavy (non-hydrogen) atoms. The molecule has 6 nitrogen and oxygen atoms in total. The molecule has 4 rings (SSSR count). The molecule has 2 aliphatic rings. The Bertz CT molecular complexity index is 721. The highest BCUT2D eigenvalue weighted by Crippen LogP contribution is 2.24. The van der Waals surface area contributed by atoms with Crippen LogP contribution in [0.25, 0.3) is 0 Å². The van der Waals surface area contributed by atoms with E-state index in [9.17, 15) is 0 Å². The largest absolute Gasteiger partial charge is 0.376 e. The van der Waals surface area contributed by atoms with Gasteiger partial charge in [-0.2, -0.15) is 4.98 Å². The quantitative estimate of drug-likeness (QED) is 0.825. The van der Waals surface area contributed by atoms with Crippen LogP contribution in [-0.4, -0.2) is 42.3 Å². The van der Waals surface area contributed by atoms with Crippen LogP contribution in [0.2, 0.25) is 0 Å². The second-order valence-corrected chi connectivity index (χ2v) is 7.10. The summed E-state index contributed by atoms with van der Waals surface area (Å²) in [6.07, 6.45) is 5.10. The topological polar surface area (TPSA) is 62.3 Å². The number of rotatable bonds is 6. The van der Waals surface area contributed by atoms with Crippen molar-refractivity contribution in [1.82, 2.24) is 9.97 Å². The van der Waals surface area contributed by atoms with Crippen LogP contribution in [0.5, 0.6) is 0 Å². The third kappa shape index (κ3) is 4.25. The zero-order chi connectivity index (χ0) is 17.8. The molecule has 1 aromatic carbocycles. The number of aryl methyl sites for hydroxylation is 1. The van der Waals surface area contributed by atoms with Crippen molar-refractivity contribution in [2.75, 3.05) is 41.8 Å². The molecule has 138 valence electrons. The first-order chi connectivity index (χ1) is 12.8. The molecule has 3 heterocycles. The zero-order valence-corrected chi connectivity index (χ0v) is 15.4. The predicted octanol–water partition coefficient (Wildman–Crippen LogP) is 3.72. The second-order valence-electron chi connectivity index (χ2n) is 7.10. The standard InChI is InChI=1S/C20H27N5O/c1-15-13-19(24-20(22-15)21-14-18-5-4-12-26-18)23-16-6-8-17(9-7-16)25-10-2-3-11-25/h6-9,13,18H,2-5,10-12,14H2,1H3,(H2,21,22,23,24). The highest BCUT2D eigenvalue weighted by atomic mass is 16.5. The van der Waals surface area contributed by atoms with E-state index in [1.165, 1.54) is 18.5 Å². The normalized spacial score (nSPS) is 19.7. The number of benzene rings is 1. The Morgan fingerprint density at radius 3 is 2.65 bits per heavy atom. The lowest BCUT2D eigenvalue weighted by Gasteiger charge is -2.18. The summed E-state index contributed by atoms with van der Waals surface area (Å²) in [5, 5.41) is 6.70. The molecule has 0 aliphatic carbocycles. The maximum absolute atomic E-state index is 5.65. The van der Waals surface area contributed by atoms with Crippen LogP contribution in [0, 0.1) is 6.92 Å². The number of nitrogens with one attached hydrogen (secondary N) is 2. The van der Waals surface area contributed by atoms with E-state index in [0.29, 0.717) is 5.95 Å². The maximum Gasteiger partial charge on any atom is 0.224 e. The van der Waals surface area contributed by atoms with Gasteiger partial charge in [0.25, 0.3) is 0 Å². The van der Waals surface area contributed by atoms with E-state index in [4.69, 9.17) is 4.74 Å². The van der Waals surface area contributed by atoms with Gasteiger partial charge in [0, 0.05) is 49.4 Å². The van der Waals surface area contributed by atoms with E-state index in [1.54, 1.807) is 0 Å². The van der Waals surface area contributed by atoms with Crippen LogP contribution in [0.3, 0.4) is 0 Å². The molecule has 1 unspecified atom stereocenters. The fourth-order valence-corrected chi connectivity index (χ4v) is 3.60. The third-order valence-electron chi connectivity index (χ3n) is 4.98. The number of aromatic nitrogens is 2. The van der Waals surface area contributed by atoms with Gasteiger partial charge in [-0.3, -0.25) is 0 Å². The van der Waals surface area contributed by atoms with Crippen molar-refractivity contribution in [2.24, 2.45) is 0 Å². The minimum absolute atomic E-state index is 0.272. The smallest absolute Gasteiger partial charge is 0.224 e. The van der Waals surface area contributed by atoms with Crippen LogP contribution in [0.1, 0.15) is 31.4 Å². The minimum Gasteiger partial charge on any atom is -0.376 e. The van der Waals surface area contributed by atoms with Crippen molar-refractivity contribution in [1.29, 1.82) is 0 Å². The third-order valence-corrected chi connectivity index (χ3v) is 4.98. The van der Waals surface area contributed by atoms with E-state index >= 15 is 0 Å². The maximum atomic E-state index is 5.65. The van der Waals surface area contributed by atoms with Gasteiger partial charge in [0.1, 0.15) is 5.82 Å². The van der Waals surface area contributed by atoms with Crippen LogP contribution >= 0.6 is 0 Å². The molecule has 0 radical (unpaired) electrons. The molecule has 0 saturated carbocycles. The predicted molar refractivity (Wildman–Crippen MR) is 105 cm³/mol. The van der Waals surface area contributed by atoms with E-state index < -0.39 is 0 Å². The summed E-state index contributed by atoms with van der Waals surface area (Å²) >= 11 is 0.